The minimum absolute atomic E-state index is 0.00445. The van der Waals surface area contributed by atoms with E-state index in [1.165, 1.54) is 16.7 Å². The first-order valence-electron chi connectivity index (χ1n) is 6.37. The Labute approximate surface area is 126 Å². The molecule has 116 valence electrons. The molecule has 0 aliphatic rings. The topological polar surface area (TPSA) is 120 Å². The van der Waals surface area contributed by atoms with Crippen LogP contribution in [0.25, 0.3) is 0 Å². The van der Waals surface area contributed by atoms with Crippen LogP contribution in [-0.4, -0.2) is 47.1 Å². The van der Waals surface area contributed by atoms with Gasteiger partial charge in [0.2, 0.25) is 5.91 Å². The summed E-state index contributed by atoms with van der Waals surface area (Å²) < 4.78 is 0. The van der Waals surface area contributed by atoms with Gasteiger partial charge < -0.3 is 21.1 Å². The first-order chi connectivity index (χ1) is 9.88. The maximum atomic E-state index is 11.4. The summed E-state index contributed by atoms with van der Waals surface area (Å²) in [6.45, 7) is 3.88. The van der Waals surface area contributed by atoms with Gasteiger partial charge in [-0.2, -0.15) is 0 Å². The molecule has 4 N–H and O–H groups in total. The molecular formula is C12H18N4O4S. The number of aromatic nitrogens is 1. The molecule has 1 heterocycles. The van der Waals surface area contributed by atoms with Crippen molar-refractivity contribution in [1.82, 2.24) is 20.9 Å². The van der Waals surface area contributed by atoms with Gasteiger partial charge in [0.15, 0.2) is 5.69 Å². The van der Waals surface area contributed by atoms with Crippen LogP contribution in [0.3, 0.4) is 0 Å². The molecule has 9 heteroatoms. The summed E-state index contributed by atoms with van der Waals surface area (Å²) in [6.07, 6.45) is 0.434. The van der Waals surface area contributed by atoms with E-state index in [0.717, 1.165) is 0 Å². The van der Waals surface area contributed by atoms with Gasteiger partial charge in [-0.1, -0.05) is 0 Å². The van der Waals surface area contributed by atoms with Crippen LogP contribution in [-0.2, 0) is 11.2 Å². The molecule has 21 heavy (non-hydrogen) atoms. The van der Waals surface area contributed by atoms with Crippen LogP contribution < -0.4 is 16.0 Å². The van der Waals surface area contributed by atoms with Crippen molar-refractivity contribution in [2.45, 2.75) is 26.3 Å². The highest BCUT2D eigenvalue weighted by Crippen LogP contribution is 2.09. The Morgan fingerprint density at radius 1 is 1.33 bits per heavy atom. The Kier molecular flexibility index (Phi) is 6.60. The number of carbonyl (C=O) groups is 3. The predicted octanol–water partition coefficient (Wildman–Crippen LogP) is 0.208. The van der Waals surface area contributed by atoms with Crippen molar-refractivity contribution in [1.29, 1.82) is 0 Å². The van der Waals surface area contributed by atoms with Crippen LogP contribution in [0.1, 0.15) is 29.3 Å². The molecule has 0 bridgehead atoms. The van der Waals surface area contributed by atoms with Crippen molar-refractivity contribution < 1.29 is 19.5 Å². The van der Waals surface area contributed by atoms with Crippen molar-refractivity contribution in [2.75, 3.05) is 13.1 Å². The van der Waals surface area contributed by atoms with Crippen molar-refractivity contribution in [3.05, 3.63) is 16.1 Å². The zero-order valence-electron chi connectivity index (χ0n) is 11.8. The number of carbonyl (C=O) groups excluding carboxylic acids is 2. The Morgan fingerprint density at radius 3 is 2.62 bits per heavy atom. The van der Waals surface area contributed by atoms with Gasteiger partial charge in [0, 0.05) is 24.4 Å². The molecule has 0 aliphatic heterocycles. The number of aromatic carboxylic acids is 1. The first kappa shape index (κ1) is 16.9. The minimum atomic E-state index is -1.07. The molecule has 0 saturated heterocycles. The summed E-state index contributed by atoms with van der Waals surface area (Å²) >= 11 is 1.23. The molecule has 0 radical (unpaired) electrons. The van der Waals surface area contributed by atoms with Crippen LogP contribution >= 0.6 is 11.3 Å². The summed E-state index contributed by atoms with van der Waals surface area (Å²) in [5.41, 5.74) is 0.00445. The van der Waals surface area contributed by atoms with E-state index in [9.17, 15) is 14.4 Å². The number of carboxylic acids is 1. The molecule has 0 unspecified atom stereocenters. The molecule has 1 aromatic heterocycles. The van der Waals surface area contributed by atoms with E-state index in [0.29, 0.717) is 18.0 Å². The Hall–Kier alpha value is -2.16. The van der Waals surface area contributed by atoms with Gasteiger partial charge in [-0.05, 0) is 13.8 Å². The summed E-state index contributed by atoms with van der Waals surface area (Å²) in [5.74, 6) is -1.33. The number of rotatable bonds is 7. The molecule has 1 aromatic rings. The second-order valence-corrected chi connectivity index (χ2v) is 5.46. The van der Waals surface area contributed by atoms with Crippen molar-refractivity contribution in [2.24, 2.45) is 0 Å². The fraction of sp³-hybridized carbons (Fsp3) is 0.500. The highest BCUT2D eigenvalue weighted by Gasteiger charge is 2.09. The summed E-state index contributed by atoms with van der Waals surface area (Å²) in [5, 5.41) is 18.4. The summed E-state index contributed by atoms with van der Waals surface area (Å²) in [4.78, 5) is 37.3. The maximum absolute atomic E-state index is 11.4. The number of hydrogen-bond donors (Lipinski definition) is 4. The van der Waals surface area contributed by atoms with Gasteiger partial charge >= 0.3 is 12.0 Å². The number of nitrogens with zero attached hydrogens (tertiary/aromatic N) is 1. The Bertz CT molecular complexity index is 515. The van der Waals surface area contributed by atoms with Crippen LogP contribution in [0.2, 0.25) is 0 Å². The van der Waals surface area contributed by atoms with E-state index in [1.54, 1.807) is 0 Å². The lowest BCUT2D eigenvalue weighted by molar-refractivity contribution is -0.120. The fourth-order valence-electron chi connectivity index (χ4n) is 1.40. The third-order valence-electron chi connectivity index (χ3n) is 2.25. The van der Waals surface area contributed by atoms with Crippen molar-refractivity contribution >= 4 is 29.2 Å². The molecule has 0 aliphatic carbocycles. The molecule has 0 atom stereocenters. The monoisotopic (exact) mass is 314 g/mol. The van der Waals surface area contributed by atoms with Crippen molar-refractivity contribution in [3.63, 3.8) is 0 Å². The van der Waals surface area contributed by atoms with Gasteiger partial charge in [0.05, 0.1) is 11.6 Å². The molecular weight excluding hydrogens is 296 g/mol. The Balaban J connectivity index is 2.21. The number of urea groups is 1. The molecule has 1 rings (SSSR count). The predicted molar refractivity (Wildman–Crippen MR) is 77.5 cm³/mol. The minimum Gasteiger partial charge on any atom is -0.476 e. The molecule has 0 spiro atoms. The normalized spacial score (nSPS) is 10.2. The summed E-state index contributed by atoms with van der Waals surface area (Å²) in [6, 6.07) is -0.431. The number of amides is 3. The second-order valence-electron chi connectivity index (χ2n) is 4.51. The van der Waals surface area contributed by atoms with E-state index in [4.69, 9.17) is 5.11 Å². The SMILES string of the molecule is CC(C)NC(=O)CNC(=O)NCCc1nc(C(=O)O)cs1. The van der Waals surface area contributed by atoms with Gasteiger partial charge in [0.1, 0.15) is 0 Å². The molecule has 8 nitrogen and oxygen atoms in total. The highest BCUT2D eigenvalue weighted by atomic mass is 32.1. The maximum Gasteiger partial charge on any atom is 0.355 e. The molecule has 0 saturated carbocycles. The zero-order valence-corrected chi connectivity index (χ0v) is 12.6. The van der Waals surface area contributed by atoms with E-state index in [2.05, 4.69) is 20.9 Å². The van der Waals surface area contributed by atoms with Crippen LogP contribution in [0.4, 0.5) is 4.79 Å². The third kappa shape index (κ3) is 6.70. The number of carboxylic acid groups (broad SMARTS) is 1. The average molecular weight is 314 g/mol. The van der Waals surface area contributed by atoms with Crippen molar-refractivity contribution in [3.8, 4) is 0 Å². The summed E-state index contributed by atoms with van der Waals surface area (Å²) in [7, 11) is 0. The highest BCUT2D eigenvalue weighted by molar-refractivity contribution is 7.09. The van der Waals surface area contributed by atoms with Gasteiger partial charge in [0.25, 0.3) is 0 Å². The van der Waals surface area contributed by atoms with E-state index in [1.807, 2.05) is 13.8 Å². The lowest BCUT2D eigenvalue weighted by atomic mass is 10.4. The number of hydrogen-bond acceptors (Lipinski definition) is 5. The fourth-order valence-corrected chi connectivity index (χ4v) is 2.18. The second kappa shape index (κ2) is 8.20. The largest absolute Gasteiger partial charge is 0.476 e. The molecule has 0 aromatic carbocycles. The number of thiazole rings is 1. The zero-order chi connectivity index (χ0) is 15.8. The standard InChI is InChI=1S/C12H18N4O4S/c1-7(2)15-9(17)5-14-12(20)13-4-3-10-16-8(6-21-10)11(18)19/h6-7H,3-5H2,1-2H3,(H,15,17)(H,18,19)(H2,13,14,20). The van der Waals surface area contributed by atoms with Crippen LogP contribution in [0.5, 0.6) is 0 Å². The first-order valence-corrected chi connectivity index (χ1v) is 7.25. The van der Waals surface area contributed by atoms with E-state index >= 15 is 0 Å². The Morgan fingerprint density at radius 2 is 2.05 bits per heavy atom. The van der Waals surface area contributed by atoms with E-state index < -0.39 is 12.0 Å². The molecule has 0 fully saturated rings. The van der Waals surface area contributed by atoms with E-state index in [-0.39, 0.29) is 24.2 Å². The van der Waals surface area contributed by atoms with Gasteiger partial charge in [-0.3, -0.25) is 4.79 Å². The van der Waals surface area contributed by atoms with Crippen LogP contribution in [0.15, 0.2) is 5.38 Å². The quantitative estimate of drug-likeness (QED) is 0.573. The third-order valence-corrected chi connectivity index (χ3v) is 3.16. The van der Waals surface area contributed by atoms with Crippen LogP contribution in [0, 0.1) is 0 Å². The number of nitrogens with one attached hydrogen (secondary N) is 3. The van der Waals surface area contributed by atoms with Gasteiger partial charge in [-0.15, -0.1) is 11.3 Å². The smallest absolute Gasteiger partial charge is 0.355 e. The lowest BCUT2D eigenvalue weighted by Crippen LogP contribution is -2.44. The average Bonchev–Trinajstić information content (AvgIpc) is 2.84. The van der Waals surface area contributed by atoms with Gasteiger partial charge in [-0.25, -0.2) is 14.6 Å². The lowest BCUT2D eigenvalue weighted by Gasteiger charge is -2.09. The molecule has 3 amide bonds.